The van der Waals surface area contributed by atoms with Gasteiger partial charge in [0.15, 0.2) is 0 Å². The molecule has 1 aliphatic rings. The van der Waals surface area contributed by atoms with Crippen LogP contribution in [0.3, 0.4) is 0 Å². The van der Waals surface area contributed by atoms with Gasteiger partial charge < -0.3 is 10.2 Å². The molecule has 1 aliphatic heterocycles. The summed E-state index contributed by atoms with van der Waals surface area (Å²) in [6, 6.07) is -0.967. The summed E-state index contributed by atoms with van der Waals surface area (Å²) in [7, 11) is 0. The van der Waals surface area contributed by atoms with Gasteiger partial charge in [-0.1, -0.05) is 6.92 Å². The summed E-state index contributed by atoms with van der Waals surface area (Å²) in [5, 5.41) is 2.59. The van der Waals surface area contributed by atoms with Crippen molar-refractivity contribution in [3.63, 3.8) is 0 Å². The van der Waals surface area contributed by atoms with Crippen LogP contribution < -0.4 is 5.32 Å². The van der Waals surface area contributed by atoms with E-state index in [0.717, 1.165) is 4.90 Å². The van der Waals surface area contributed by atoms with Gasteiger partial charge in [0, 0.05) is 19.0 Å². The minimum Gasteiger partial charge on any atom is -0.342 e. The zero-order chi connectivity index (χ0) is 14.8. The summed E-state index contributed by atoms with van der Waals surface area (Å²) in [4.78, 5) is 25.0. The molecule has 0 saturated carbocycles. The van der Waals surface area contributed by atoms with Crippen LogP contribution in [0, 0.1) is 0 Å². The number of hydrogen-bond donors (Lipinski definition) is 1. The molecule has 0 radical (unpaired) electrons. The first-order valence-corrected chi connectivity index (χ1v) is 6.28. The van der Waals surface area contributed by atoms with Crippen molar-refractivity contribution in [2.75, 3.05) is 6.54 Å². The maximum Gasteiger partial charge on any atom is 0.391 e. The first-order chi connectivity index (χ1) is 8.59. The second-order valence-corrected chi connectivity index (χ2v) is 5.15. The fraction of sp³-hybridized carbons (Fsp3) is 0.833. The Labute approximate surface area is 110 Å². The number of amides is 2. The van der Waals surface area contributed by atoms with E-state index in [1.165, 1.54) is 6.92 Å². The van der Waals surface area contributed by atoms with E-state index >= 15 is 0 Å². The number of alkyl halides is 3. The van der Waals surface area contributed by atoms with Crippen molar-refractivity contribution in [1.29, 1.82) is 0 Å². The number of nitrogens with zero attached hydrogens (tertiary/aromatic N) is 1. The Kier molecular flexibility index (Phi) is 4.47. The highest BCUT2D eigenvalue weighted by molar-refractivity contribution is 5.93. The van der Waals surface area contributed by atoms with Crippen LogP contribution in [0.2, 0.25) is 0 Å². The molecule has 0 bridgehead atoms. The highest BCUT2D eigenvalue weighted by Crippen LogP contribution is 2.27. The monoisotopic (exact) mass is 280 g/mol. The van der Waals surface area contributed by atoms with Crippen LogP contribution in [-0.4, -0.2) is 41.0 Å². The third-order valence-electron chi connectivity index (χ3n) is 3.49. The molecule has 2 atom stereocenters. The molecular formula is C12H19F3N2O2. The Bertz CT molecular complexity index is 370. The summed E-state index contributed by atoms with van der Waals surface area (Å²) >= 11 is 0. The first-order valence-electron chi connectivity index (χ1n) is 6.28. The normalized spacial score (nSPS) is 26.9. The third-order valence-corrected chi connectivity index (χ3v) is 3.49. The zero-order valence-corrected chi connectivity index (χ0v) is 11.3. The lowest BCUT2D eigenvalue weighted by molar-refractivity contribution is -0.156. The van der Waals surface area contributed by atoms with Gasteiger partial charge in [0.05, 0.1) is 6.42 Å². The first kappa shape index (κ1) is 15.8. The minimum atomic E-state index is -4.33. The molecule has 1 fully saturated rings. The molecule has 19 heavy (non-hydrogen) atoms. The molecule has 110 valence electrons. The van der Waals surface area contributed by atoms with Gasteiger partial charge in [0.1, 0.15) is 5.54 Å². The number of carbonyl (C=O) groups is 2. The van der Waals surface area contributed by atoms with Gasteiger partial charge in [0.25, 0.3) is 0 Å². The average Bonchev–Trinajstić information content (AvgIpc) is 2.36. The van der Waals surface area contributed by atoms with Crippen molar-refractivity contribution in [3.05, 3.63) is 0 Å². The molecule has 0 aromatic heterocycles. The van der Waals surface area contributed by atoms with Crippen molar-refractivity contribution in [2.24, 2.45) is 0 Å². The van der Waals surface area contributed by atoms with Gasteiger partial charge >= 0.3 is 6.18 Å². The molecule has 1 rings (SSSR count). The van der Waals surface area contributed by atoms with E-state index in [1.54, 1.807) is 13.8 Å². The molecule has 0 aliphatic carbocycles. The number of nitrogens with one attached hydrogen (secondary N) is 1. The molecular weight excluding hydrogens is 261 g/mol. The Morgan fingerprint density at radius 2 is 2.00 bits per heavy atom. The van der Waals surface area contributed by atoms with Crippen LogP contribution in [0.1, 0.15) is 40.0 Å². The van der Waals surface area contributed by atoms with Crippen molar-refractivity contribution in [3.8, 4) is 0 Å². The van der Waals surface area contributed by atoms with E-state index in [2.05, 4.69) is 5.32 Å². The number of carbonyl (C=O) groups excluding carboxylic acids is 2. The van der Waals surface area contributed by atoms with Crippen LogP contribution in [0.15, 0.2) is 0 Å². The lowest BCUT2D eigenvalue weighted by Crippen LogP contribution is -2.56. The van der Waals surface area contributed by atoms with Crippen molar-refractivity contribution >= 4 is 11.8 Å². The standard InChI is InChI=1S/C12H19F3N2O2/c1-4-11(3)10(19)17(6-5-9(18)16-11)8(2)7-12(13,14)15/h8H,4-7H2,1-3H3,(H,16,18). The van der Waals surface area contributed by atoms with Gasteiger partial charge in [0.2, 0.25) is 11.8 Å². The molecule has 4 nitrogen and oxygen atoms in total. The largest absolute Gasteiger partial charge is 0.391 e. The Hall–Kier alpha value is -1.27. The molecule has 1 saturated heterocycles. The van der Waals surface area contributed by atoms with E-state index in [0.29, 0.717) is 6.42 Å². The molecule has 7 heteroatoms. The van der Waals surface area contributed by atoms with Gasteiger partial charge in [-0.05, 0) is 20.3 Å². The van der Waals surface area contributed by atoms with Crippen molar-refractivity contribution < 1.29 is 22.8 Å². The predicted molar refractivity (Wildman–Crippen MR) is 63.3 cm³/mol. The molecule has 2 amide bonds. The smallest absolute Gasteiger partial charge is 0.342 e. The Balaban J connectivity index is 2.93. The van der Waals surface area contributed by atoms with E-state index < -0.39 is 30.1 Å². The number of halogens is 3. The van der Waals surface area contributed by atoms with Gasteiger partial charge in [-0.15, -0.1) is 0 Å². The molecule has 2 unspecified atom stereocenters. The van der Waals surface area contributed by atoms with Crippen LogP contribution in [0.5, 0.6) is 0 Å². The summed E-state index contributed by atoms with van der Waals surface area (Å²) in [6.07, 6.45) is -5.02. The van der Waals surface area contributed by atoms with E-state index in [4.69, 9.17) is 0 Å². The molecule has 1 heterocycles. The van der Waals surface area contributed by atoms with E-state index in [-0.39, 0.29) is 18.9 Å². The Morgan fingerprint density at radius 1 is 1.42 bits per heavy atom. The predicted octanol–water partition coefficient (Wildman–Crippen LogP) is 1.84. The van der Waals surface area contributed by atoms with Crippen molar-refractivity contribution in [2.45, 2.75) is 57.8 Å². The lowest BCUT2D eigenvalue weighted by atomic mass is 9.96. The summed E-state index contributed by atoms with van der Waals surface area (Å²) in [5.41, 5.74) is -1.12. The maximum atomic E-state index is 12.4. The highest BCUT2D eigenvalue weighted by Gasteiger charge is 2.42. The number of hydrogen-bond acceptors (Lipinski definition) is 2. The second kappa shape index (κ2) is 5.38. The summed E-state index contributed by atoms with van der Waals surface area (Å²) < 4.78 is 37.3. The fourth-order valence-electron chi connectivity index (χ4n) is 2.17. The molecule has 0 aromatic carbocycles. The highest BCUT2D eigenvalue weighted by atomic mass is 19.4. The average molecular weight is 280 g/mol. The molecule has 0 aromatic rings. The van der Waals surface area contributed by atoms with Crippen LogP contribution in [-0.2, 0) is 9.59 Å². The van der Waals surface area contributed by atoms with Crippen LogP contribution >= 0.6 is 0 Å². The molecule has 0 spiro atoms. The lowest BCUT2D eigenvalue weighted by Gasteiger charge is -2.35. The van der Waals surface area contributed by atoms with Gasteiger partial charge in [-0.3, -0.25) is 9.59 Å². The maximum absolute atomic E-state index is 12.4. The third kappa shape index (κ3) is 3.84. The van der Waals surface area contributed by atoms with Gasteiger partial charge in [-0.25, -0.2) is 0 Å². The van der Waals surface area contributed by atoms with E-state index in [1.807, 2.05) is 0 Å². The number of rotatable bonds is 3. The summed E-state index contributed by atoms with van der Waals surface area (Å²) in [6.45, 7) is 4.65. The second-order valence-electron chi connectivity index (χ2n) is 5.15. The van der Waals surface area contributed by atoms with Crippen molar-refractivity contribution in [1.82, 2.24) is 10.2 Å². The topological polar surface area (TPSA) is 49.4 Å². The molecule has 1 N–H and O–H groups in total. The van der Waals surface area contributed by atoms with Crippen LogP contribution in [0.25, 0.3) is 0 Å². The minimum absolute atomic E-state index is 0.0253. The van der Waals surface area contributed by atoms with Crippen LogP contribution in [0.4, 0.5) is 13.2 Å². The fourth-order valence-corrected chi connectivity index (χ4v) is 2.17. The SMILES string of the molecule is CCC1(C)NC(=O)CCN(C(C)CC(F)(F)F)C1=O. The summed E-state index contributed by atoms with van der Waals surface area (Å²) in [5.74, 6) is -0.753. The quantitative estimate of drug-likeness (QED) is 0.857. The van der Waals surface area contributed by atoms with E-state index in [9.17, 15) is 22.8 Å². The van der Waals surface area contributed by atoms with Gasteiger partial charge in [-0.2, -0.15) is 13.2 Å². The Morgan fingerprint density at radius 3 is 2.47 bits per heavy atom. The zero-order valence-electron chi connectivity index (χ0n) is 11.3.